The number of benzene rings is 2. The van der Waals surface area contributed by atoms with E-state index in [1.807, 2.05) is 0 Å². The average Bonchev–Trinajstić information content (AvgIpc) is 2.66. The maximum Gasteiger partial charge on any atom is 0.249 e. The molecule has 0 N–H and O–H groups in total. The first kappa shape index (κ1) is 15.4. The number of aliphatic imine (C=N–C) groups is 1. The molecule has 23 heavy (non-hydrogen) atoms. The average molecular weight is 331 g/mol. The van der Waals surface area contributed by atoms with E-state index in [4.69, 9.17) is 11.6 Å². The molecule has 0 aromatic heterocycles. The number of hydrogen-bond donors (Lipinski definition) is 0. The van der Waals surface area contributed by atoms with Crippen LogP contribution in [0, 0.1) is 5.82 Å². The summed E-state index contributed by atoms with van der Waals surface area (Å²) in [6, 6.07) is 11.1. The molecule has 1 aliphatic rings. The summed E-state index contributed by atoms with van der Waals surface area (Å²) in [7, 11) is 0. The molecule has 0 atom stereocenters. The highest BCUT2D eigenvalue weighted by molar-refractivity contribution is 6.32. The number of anilines is 1. The van der Waals surface area contributed by atoms with Crippen molar-refractivity contribution in [3.8, 4) is 0 Å². The van der Waals surface area contributed by atoms with Gasteiger partial charge in [-0.3, -0.25) is 9.79 Å². The van der Waals surface area contributed by atoms with Crippen molar-refractivity contribution in [2.75, 3.05) is 18.0 Å². The third-order valence-corrected chi connectivity index (χ3v) is 3.80. The number of rotatable bonds is 3. The van der Waals surface area contributed by atoms with Crippen molar-refractivity contribution in [1.29, 1.82) is 0 Å². The van der Waals surface area contributed by atoms with Gasteiger partial charge in [0.05, 0.1) is 17.9 Å². The van der Waals surface area contributed by atoms with Gasteiger partial charge in [0.2, 0.25) is 5.91 Å². The maximum atomic E-state index is 14.2. The Morgan fingerprint density at radius 2 is 2.00 bits per heavy atom. The largest absolute Gasteiger partial charge is 0.303 e. The van der Waals surface area contributed by atoms with E-state index in [9.17, 15) is 14.0 Å². The number of carbonyl (C=O) groups is 2. The van der Waals surface area contributed by atoms with Gasteiger partial charge in [-0.25, -0.2) is 4.39 Å². The van der Waals surface area contributed by atoms with Gasteiger partial charge < -0.3 is 9.69 Å². The molecule has 0 bridgehead atoms. The van der Waals surface area contributed by atoms with E-state index in [-0.39, 0.29) is 24.6 Å². The summed E-state index contributed by atoms with van der Waals surface area (Å²) in [4.78, 5) is 28.7. The Bertz CT molecular complexity index is 820. The van der Waals surface area contributed by atoms with E-state index in [1.165, 1.54) is 11.0 Å². The van der Waals surface area contributed by atoms with Crippen LogP contribution in [-0.2, 0) is 9.59 Å². The minimum absolute atomic E-state index is 0.0897. The molecule has 0 radical (unpaired) electrons. The maximum absolute atomic E-state index is 14.2. The Morgan fingerprint density at radius 1 is 1.22 bits per heavy atom. The summed E-state index contributed by atoms with van der Waals surface area (Å²) in [5.41, 5.74) is 1.65. The zero-order chi connectivity index (χ0) is 16.4. The third-order valence-electron chi connectivity index (χ3n) is 3.56. The molecule has 0 spiro atoms. The van der Waals surface area contributed by atoms with Crippen LogP contribution in [0.5, 0.6) is 0 Å². The van der Waals surface area contributed by atoms with Crippen molar-refractivity contribution in [3.05, 3.63) is 64.4 Å². The predicted molar refractivity (Wildman–Crippen MR) is 86.8 cm³/mol. The normalized spacial score (nSPS) is 14.1. The summed E-state index contributed by atoms with van der Waals surface area (Å²) in [5, 5.41) is 0.438. The SMILES string of the molecule is O=CCN1C(=O)CN=C(c2ccccc2F)c2cc(Cl)ccc21. The quantitative estimate of drug-likeness (QED) is 0.813. The molecule has 1 aliphatic heterocycles. The van der Waals surface area contributed by atoms with Crippen LogP contribution in [0.25, 0.3) is 0 Å². The molecule has 2 aromatic rings. The zero-order valence-corrected chi connectivity index (χ0v) is 12.8. The van der Waals surface area contributed by atoms with Gasteiger partial charge in [-0.2, -0.15) is 0 Å². The highest BCUT2D eigenvalue weighted by Gasteiger charge is 2.26. The number of aldehydes is 1. The number of nitrogens with zero attached hydrogens (tertiary/aromatic N) is 2. The van der Waals surface area contributed by atoms with E-state index in [1.54, 1.807) is 36.4 Å². The monoisotopic (exact) mass is 330 g/mol. The van der Waals surface area contributed by atoms with E-state index in [0.29, 0.717) is 28.3 Å². The van der Waals surface area contributed by atoms with Crippen molar-refractivity contribution >= 4 is 35.2 Å². The van der Waals surface area contributed by atoms with Crippen molar-refractivity contribution in [2.24, 2.45) is 4.99 Å². The van der Waals surface area contributed by atoms with Crippen LogP contribution in [0.3, 0.4) is 0 Å². The van der Waals surface area contributed by atoms with Gasteiger partial charge in [0.1, 0.15) is 18.6 Å². The van der Waals surface area contributed by atoms with E-state index in [0.717, 1.165) is 0 Å². The number of amides is 1. The molecule has 0 fully saturated rings. The molecule has 0 unspecified atom stereocenters. The van der Waals surface area contributed by atoms with Crippen molar-refractivity contribution < 1.29 is 14.0 Å². The Hall–Kier alpha value is -2.53. The number of hydrogen-bond acceptors (Lipinski definition) is 3. The molecule has 6 heteroatoms. The molecule has 116 valence electrons. The summed E-state index contributed by atoms with van der Waals surface area (Å²) >= 11 is 6.06. The lowest BCUT2D eigenvalue weighted by Crippen LogP contribution is -2.34. The van der Waals surface area contributed by atoms with Gasteiger partial charge in [0, 0.05) is 16.1 Å². The zero-order valence-electron chi connectivity index (χ0n) is 12.0. The Balaban J connectivity index is 2.23. The van der Waals surface area contributed by atoms with Crippen LogP contribution in [0.4, 0.5) is 10.1 Å². The molecular weight excluding hydrogens is 319 g/mol. The fourth-order valence-electron chi connectivity index (χ4n) is 2.54. The summed E-state index contributed by atoms with van der Waals surface area (Å²) in [6.07, 6.45) is 0.643. The fraction of sp³-hybridized carbons (Fsp3) is 0.118. The first-order valence-corrected chi connectivity index (χ1v) is 7.33. The Morgan fingerprint density at radius 3 is 2.74 bits per heavy atom. The number of fused-ring (bicyclic) bond motifs is 1. The topological polar surface area (TPSA) is 49.7 Å². The molecule has 1 amide bonds. The van der Waals surface area contributed by atoms with Gasteiger partial charge in [-0.05, 0) is 30.3 Å². The van der Waals surface area contributed by atoms with Crippen LogP contribution >= 0.6 is 11.6 Å². The van der Waals surface area contributed by atoms with Crippen LogP contribution in [0.15, 0.2) is 47.5 Å². The summed E-state index contributed by atoms with van der Waals surface area (Å²) in [6.45, 7) is -0.253. The van der Waals surface area contributed by atoms with E-state index >= 15 is 0 Å². The standard InChI is InChI=1S/C17H12ClFN2O2/c18-11-5-6-15-13(9-11)17(12-3-1-2-4-14(12)19)20-10-16(23)21(15)7-8-22/h1-6,8-9H,7,10H2. The molecule has 0 saturated carbocycles. The minimum Gasteiger partial charge on any atom is -0.303 e. The highest BCUT2D eigenvalue weighted by Crippen LogP contribution is 2.30. The molecule has 0 saturated heterocycles. The van der Waals surface area contributed by atoms with E-state index in [2.05, 4.69) is 4.99 Å². The van der Waals surface area contributed by atoms with Crippen LogP contribution in [0.1, 0.15) is 11.1 Å². The number of carbonyl (C=O) groups excluding carboxylic acids is 2. The third kappa shape index (κ3) is 2.87. The highest BCUT2D eigenvalue weighted by atomic mass is 35.5. The summed E-state index contributed by atoms with van der Waals surface area (Å²) < 4.78 is 14.2. The Kier molecular flexibility index (Phi) is 4.21. The second-order valence-corrected chi connectivity index (χ2v) is 5.41. The van der Waals surface area contributed by atoms with Crippen molar-refractivity contribution in [1.82, 2.24) is 0 Å². The first-order chi connectivity index (χ1) is 11.1. The lowest BCUT2D eigenvalue weighted by atomic mass is 9.99. The fourth-order valence-corrected chi connectivity index (χ4v) is 2.72. The van der Waals surface area contributed by atoms with Crippen molar-refractivity contribution in [2.45, 2.75) is 0 Å². The summed E-state index contributed by atoms with van der Waals surface area (Å²) in [5.74, 6) is -0.763. The van der Waals surface area contributed by atoms with Gasteiger partial charge in [0.15, 0.2) is 0 Å². The second-order valence-electron chi connectivity index (χ2n) is 4.98. The second kappa shape index (κ2) is 6.30. The molecule has 4 nitrogen and oxygen atoms in total. The molecule has 2 aromatic carbocycles. The predicted octanol–water partition coefficient (Wildman–Crippen LogP) is 2.86. The number of halogens is 2. The van der Waals surface area contributed by atoms with Gasteiger partial charge in [-0.15, -0.1) is 0 Å². The minimum atomic E-state index is -0.437. The van der Waals surface area contributed by atoms with Crippen molar-refractivity contribution in [3.63, 3.8) is 0 Å². The van der Waals surface area contributed by atoms with Gasteiger partial charge >= 0.3 is 0 Å². The number of benzodiazepines with no additional fused rings is 1. The smallest absolute Gasteiger partial charge is 0.249 e. The molecule has 0 aliphatic carbocycles. The van der Waals surface area contributed by atoms with Crippen LogP contribution in [-0.4, -0.2) is 31.0 Å². The first-order valence-electron chi connectivity index (χ1n) is 6.95. The van der Waals surface area contributed by atoms with E-state index < -0.39 is 5.82 Å². The lowest BCUT2D eigenvalue weighted by Gasteiger charge is -2.20. The molecular formula is C17H12ClFN2O2. The van der Waals surface area contributed by atoms with Gasteiger partial charge in [0.25, 0.3) is 0 Å². The van der Waals surface area contributed by atoms with Gasteiger partial charge in [-0.1, -0.05) is 23.7 Å². The Labute approximate surface area is 137 Å². The molecule has 3 rings (SSSR count). The van der Waals surface area contributed by atoms with Crippen LogP contribution < -0.4 is 4.90 Å². The molecule has 1 heterocycles. The van der Waals surface area contributed by atoms with Crippen LogP contribution in [0.2, 0.25) is 5.02 Å². The lowest BCUT2D eigenvalue weighted by molar-refractivity contribution is -0.118.